The molecule has 0 unspecified atom stereocenters. The summed E-state index contributed by atoms with van der Waals surface area (Å²) in [6.07, 6.45) is 1.43. The van der Waals surface area contributed by atoms with Gasteiger partial charge in [-0.3, -0.25) is 4.79 Å². The number of benzene rings is 1. The molecule has 4 heteroatoms. The van der Waals surface area contributed by atoms with Gasteiger partial charge in [0.2, 0.25) is 5.89 Å². The quantitative estimate of drug-likeness (QED) is 0.654. The van der Waals surface area contributed by atoms with Gasteiger partial charge in [-0.25, -0.2) is 4.98 Å². The summed E-state index contributed by atoms with van der Waals surface area (Å²) in [5, 5.41) is 1.99. The predicted molar refractivity (Wildman–Crippen MR) is 76.6 cm³/mol. The highest BCUT2D eigenvalue weighted by molar-refractivity contribution is 7.13. The lowest BCUT2D eigenvalue weighted by Crippen LogP contribution is -1.97. The monoisotopic (exact) mass is 271 g/mol. The van der Waals surface area contributed by atoms with Gasteiger partial charge in [0.15, 0.2) is 11.4 Å². The summed E-state index contributed by atoms with van der Waals surface area (Å²) < 4.78 is 5.70. The van der Waals surface area contributed by atoms with Gasteiger partial charge in [-0.2, -0.15) is 0 Å². The zero-order valence-electron chi connectivity index (χ0n) is 10.6. The summed E-state index contributed by atoms with van der Waals surface area (Å²) in [7, 11) is 0. The molecule has 3 aromatic rings. The number of carbonyl (C=O) groups is 1. The molecule has 0 aliphatic carbocycles. The van der Waals surface area contributed by atoms with Crippen LogP contribution in [0.3, 0.4) is 0 Å². The van der Waals surface area contributed by atoms with Gasteiger partial charge in [0, 0.05) is 12.0 Å². The molecule has 2 heterocycles. The van der Waals surface area contributed by atoms with Crippen molar-refractivity contribution in [1.29, 1.82) is 0 Å². The maximum atomic E-state index is 11.9. The molecule has 0 N–H and O–H groups in total. The van der Waals surface area contributed by atoms with Crippen LogP contribution in [0, 0.1) is 0 Å². The van der Waals surface area contributed by atoms with Crippen LogP contribution in [0.25, 0.3) is 21.9 Å². The first-order valence-corrected chi connectivity index (χ1v) is 7.13. The van der Waals surface area contributed by atoms with E-state index >= 15 is 0 Å². The first-order chi connectivity index (χ1) is 9.28. The molecule has 1 aromatic carbocycles. The van der Waals surface area contributed by atoms with Crippen molar-refractivity contribution in [3.8, 4) is 10.8 Å². The van der Waals surface area contributed by atoms with Crippen LogP contribution < -0.4 is 0 Å². The number of ketones is 1. The second-order valence-electron chi connectivity index (χ2n) is 4.35. The number of carbonyl (C=O) groups excluding carboxylic acids is 1. The minimum atomic E-state index is 0.157. The molecule has 19 heavy (non-hydrogen) atoms. The van der Waals surface area contributed by atoms with E-state index in [1.54, 1.807) is 11.3 Å². The number of nitrogens with zero attached hydrogens (tertiary/aromatic N) is 1. The van der Waals surface area contributed by atoms with Gasteiger partial charge in [0.1, 0.15) is 5.52 Å². The van der Waals surface area contributed by atoms with Crippen LogP contribution in [0.1, 0.15) is 30.1 Å². The molecule has 0 amide bonds. The Morgan fingerprint density at radius 1 is 1.37 bits per heavy atom. The van der Waals surface area contributed by atoms with Gasteiger partial charge in [-0.1, -0.05) is 13.0 Å². The van der Waals surface area contributed by atoms with Crippen molar-refractivity contribution in [2.24, 2.45) is 0 Å². The number of thiophene rings is 1. The Hall–Kier alpha value is -1.94. The maximum absolute atomic E-state index is 11.9. The largest absolute Gasteiger partial charge is 0.435 e. The van der Waals surface area contributed by atoms with E-state index in [4.69, 9.17) is 4.42 Å². The van der Waals surface area contributed by atoms with Crippen molar-refractivity contribution in [3.05, 3.63) is 41.3 Å². The van der Waals surface area contributed by atoms with E-state index in [-0.39, 0.29) is 5.78 Å². The summed E-state index contributed by atoms with van der Waals surface area (Å²) in [4.78, 5) is 17.3. The van der Waals surface area contributed by atoms with E-state index < -0.39 is 0 Å². The van der Waals surface area contributed by atoms with Gasteiger partial charge >= 0.3 is 0 Å². The van der Waals surface area contributed by atoms with Crippen molar-refractivity contribution in [2.45, 2.75) is 19.8 Å². The fraction of sp³-hybridized carbons (Fsp3) is 0.200. The molecule has 2 aromatic heterocycles. The highest BCUT2D eigenvalue weighted by Crippen LogP contribution is 2.28. The molecule has 0 radical (unpaired) electrons. The highest BCUT2D eigenvalue weighted by Gasteiger charge is 2.11. The van der Waals surface area contributed by atoms with Crippen molar-refractivity contribution < 1.29 is 9.21 Å². The summed E-state index contributed by atoms with van der Waals surface area (Å²) in [6.45, 7) is 2.00. The molecular formula is C15H13NO2S. The summed E-state index contributed by atoms with van der Waals surface area (Å²) in [5.74, 6) is 0.773. The molecule has 0 bridgehead atoms. The zero-order chi connectivity index (χ0) is 13.2. The van der Waals surface area contributed by atoms with Crippen molar-refractivity contribution in [1.82, 2.24) is 4.98 Å². The fourth-order valence-corrected chi connectivity index (χ4v) is 2.63. The van der Waals surface area contributed by atoms with Crippen LogP contribution in [0.2, 0.25) is 0 Å². The predicted octanol–water partition coefficient (Wildman–Crippen LogP) is 4.54. The average molecular weight is 271 g/mol. The normalized spacial score (nSPS) is 11.0. The van der Waals surface area contributed by atoms with Gasteiger partial charge in [0.25, 0.3) is 0 Å². The Kier molecular flexibility index (Phi) is 3.17. The average Bonchev–Trinajstić information content (AvgIpc) is 3.07. The Morgan fingerprint density at radius 2 is 2.26 bits per heavy atom. The SMILES string of the molecule is CCCC(=O)c1ccc2oc(-c3cccs3)nc2c1. The van der Waals surface area contributed by atoms with E-state index in [1.807, 2.05) is 42.6 Å². The Morgan fingerprint density at radius 3 is 3.00 bits per heavy atom. The van der Waals surface area contributed by atoms with Crippen molar-refractivity contribution in [3.63, 3.8) is 0 Å². The Bertz CT molecular complexity index is 713. The lowest BCUT2D eigenvalue weighted by molar-refractivity contribution is 0.0982. The van der Waals surface area contributed by atoms with Crippen LogP contribution in [0.15, 0.2) is 40.1 Å². The molecule has 0 fully saturated rings. The van der Waals surface area contributed by atoms with Gasteiger partial charge in [-0.15, -0.1) is 11.3 Å². The molecule has 96 valence electrons. The number of oxazole rings is 1. The number of aromatic nitrogens is 1. The first-order valence-electron chi connectivity index (χ1n) is 6.25. The third kappa shape index (κ3) is 2.31. The lowest BCUT2D eigenvalue weighted by Gasteiger charge is -1.97. The van der Waals surface area contributed by atoms with Crippen LogP contribution in [0.4, 0.5) is 0 Å². The summed E-state index contributed by atoms with van der Waals surface area (Å²) >= 11 is 1.59. The molecule has 0 spiro atoms. The first kappa shape index (κ1) is 12.1. The minimum absolute atomic E-state index is 0.157. The van der Waals surface area contributed by atoms with E-state index in [9.17, 15) is 4.79 Å². The molecule has 0 aliphatic heterocycles. The molecular weight excluding hydrogens is 258 g/mol. The van der Waals surface area contributed by atoms with E-state index in [1.165, 1.54) is 0 Å². The summed E-state index contributed by atoms with van der Waals surface area (Å²) in [5.41, 5.74) is 2.17. The van der Waals surface area contributed by atoms with Crippen LogP contribution in [-0.4, -0.2) is 10.8 Å². The number of Topliss-reactive ketones (excluding diaryl/α,β-unsaturated/α-hetero) is 1. The molecule has 0 saturated carbocycles. The van der Waals surface area contributed by atoms with Crippen LogP contribution in [-0.2, 0) is 0 Å². The summed E-state index contributed by atoms with van der Waals surface area (Å²) in [6, 6.07) is 9.38. The van der Waals surface area contributed by atoms with Crippen molar-refractivity contribution >= 4 is 28.2 Å². The molecule has 3 nitrogen and oxygen atoms in total. The van der Waals surface area contributed by atoms with Crippen molar-refractivity contribution in [2.75, 3.05) is 0 Å². The van der Waals surface area contributed by atoms with Gasteiger partial charge in [-0.05, 0) is 36.1 Å². The van der Waals surface area contributed by atoms with Gasteiger partial charge < -0.3 is 4.42 Å². The highest BCUT2D eigenvalue weighted by atomic mass is 32.1. The standard InChI is InChI=1S/C15H13NO2S/c1-2-4-12(17)10-6-7-13-11(9-10)16-15(18-13)14-5-3-8-19-14/h3,5-9H,2,4H2,1H3. The minimum Gasteiger partial charge on any atom is -0.435 e. The number of rotatable bonds is 4. The third-order valence-corrected chi connectivity index (χ3v) is 3.78. The topological polar surface area (TPSA) is 43.1 Å². The van der Waals surface area contributed by atoms with Crippen LogP contribution in [0.5, 0.6) is 0 Å². The second-order valence-corrected chi connectivity index (χ2v) is 5.30. The number of fused-ring (bicyclic) bond motifs is 1. The number of hydrogen-bond donors (Lipinski definition) is 0. The lowest BCUT2D eigenvalue weighted by atomic mass is 10.1. The Balaban J connectivity index is 2.02. The van der Waals surface area contributed by atoms with E-state index in [0.717, 1.165) is 22.4 Å². The maximum Gasteiger partial charge on any atom is 0.237 e. The number of hydrogen-bond acceptors (Lipinski definition) is 4. The van der Waals surface area contributed by atoms with E-state index in [0.29, 0.717) is 17.9 Å². The van der Waals surface area contributed by atoms with E-state index in [2.05, 4.69) is 4.98 Å². The molecule has 0 aliphatic rings. The smallest absolute Gasteiger partial charge is 0.237 e. The fourth-order valence-electron chi connectivity index (χ4n) is 1.98. The van der Waals surface area contributed by atoms with Gasteiger partial charge in [0.05, 0.1) is 4.88 Å². The third-order valence-electron chi connectivity index (χ3n) is 2.92. The zero-order valence-corrected chi connectivity index (χ0v) is 11.4. The molecule has 0 saturated heterocycles. The molecule has 3 rings (SSSR count). The van der Waals surface area contributed by atoms with Crippen LogP contribution >= 0.6 is 11.3 Å². The molecule has 0 atom stereocenters. The second kappa shape index (κ2) is 4.97. The Labute approximate surface area is 114 Å².